The summed E-state index contributed by atoms with van der Waals surface area (Å²) in [5.41, 5.74) is -0.372. The van der Waals surface area contributed by atoms with E-state index >= 15 is 0 Å². The van der Waals surface area contributed by atoms with Crippen molar-refractivity contribution < 1.29 is 27.8 Å². The van der Waals surface area contributed by atoms with Crippen LogP contribution in [-0.4, -0.2) is 40.6 Å². The molecule has 1 amide bonds. The monoisotopic (exact) mass is 411 g/mol. The summed E-state index contributed by atoms with van der Waals surface area (Å²) >= 11 is 0. The van der Waals surface area contributed by atoms with Crippen LogP contribution in [0.3, 0.4) is 0 Å². The molecule has 1 aromatic heterocycles. The minimum absolute atomic E-state index is 0.117. The maximum atomic E-state index is 13.4. The van der Waals surface area contributed by atoms with Crippen LogP contribution < -0.4 is 5.32 Å². The lowest BCUT2D eigenvalue weighted by atomic mass is 9.98. The van der Waals surface area contributed by atoms with E-state index in [1.807, 2.05) is 0 Å². The number of carbonyl (C=O) groups is 1. The molecule has 1 aliphatic rings. The van der Waals surface area contributed by atoms with Crippen molar-refractivity contribution >= 4 is 5.91 Å². The zero-order valence-electron chi connectivity index (χ0n) is 16.1. The van der Waals surface area contributed by atoms with E-state index in [2.05, 4.69) is 10.4 Å². The summed E-state index contributed by atoms with van der Waals surface area (Å²) in [6, 6.07) is 4.34. The molecule has 0 radical (unpaired) electrons. The Morgan fingerprint density at radius 3 is 2.66 bits per heavy atom. The van der Waals surface area contributed by atoms with Crippen LogP contribution in [0.1, 0.15) is 41.4 Å². The summed E-state index contributed by atoms with van der Waals surface area (Å²) in [7, 11) is 0. The van der Waals surface area contributed by atoms with Gasteiger partial charge in [-0.3, -0.25) is 9.48 Å². The van der Waals surface area contributed by atoms with Crippen LogP contribution in [0.4, 0.5) is 13.2 Å². The summed E-state index contributed by atoms with van der Waals surface area (Å²) in [4.78, 5) is 12.6. The van der Waals surface area contributed by atoms with Gasteiger partial charge in [-0.25, -0.2) is 0 Å². The summed E-state index contributed by atoms with van der Waals surface area (Å²) in [6.45, 7) is 3.37. The summed E-state index contributed by atoms with van der Waals surface area (Å²) < 4.78 is 46.8. The second kappa shape index (κ2) is 8.96. The van der Waals surface area contributed by atoms with E-state index in [0.29, 0.717) is 31.2 Å². The number of alkyl halides is 3. The second-order valence-electron chi connectivity index (χ2n) is 7.09. The molecule has 2 aromatic rings. The number of aryl methyl sites for hydroxylation is 1. The van der Waals surface area contributed by atoms with Gasteiger partial charge in [-0.05, 0) is 55.0 Å². The van der Waals surface area contributed by atoms with Gasteiger partial charge in [-0.15, -0.1) is 0 Å². The fourth-order valence-electron chi connectivity index (χ4n) is 3.36. The lowest BCUT2D eigenvalue weighted by Gasteiger charge is -2.22. The van der Waals surface area contributed by atoms with E-state index < -0.39 is 18.5 Å². The molecule has 3 rings (SSSR count). The molecule has 0 bridgehead atoms. The number of benzene rings is 1. The summed E-state index contributed by atoms with van der Waals surface area (Å²) in [5.74, 6) is -0.0719. The first kappa shape index (κ1) is 21.3. The molecule has 0 spiro atoms. The second-order valence-corrected chi connectivity index (χ2v) is 7.09. The van der Waals surface area contributed by atoms with E-state index in [0.717, 1.165) is 12.8 Å². The summed E-state index contributed by atoms with van der Waals surface area (Å²) in [5, 5.41) is 16.0. The number of nitrogens with zero attached hydrogens (tertiary/aromatic N) is 2. The van der Waals surface area contributed by atoms with E-state index in [1.54, 1.807) is 6.92 Å². The van der Waals surface area contributed by atoms with Gasteiger partial charge in [-0.1, -0.05) is 0 Å². The van der Waals surface area contributed by atoms with Gasteiger partial charge in [0.05, 0.1) is 6.61 Å². The van der Waals surface area contributed by atoms with Gasteiger partial charge >= 0.3 is 6.18 Å². The van der Waals surface area contributed by atoms with Crippen LogP contribution in [0.5, 0.6) is 0 Å². The predicted octanol–water partition coefficient (Wildman–Crippen LogP) is 3.24. The number of rotatable bonds is 6. The molecule has 158 valence electrons. The molecular formula is C20H24F3N3O3. The molecule has 1 aliphatic heterocycles. The average molecular weight is 411 g/mol. The fourth-order valence-corrected chi connectivity index (χ4v) is 3.36. The number of aromatic nitrogens is 2. The fraction of sp³-hybridized carbons (Fsp3) is 0.500. The minimum atomic E-state index is -4.63. The van der Waals surface area contributed by atoms with Crippen LogP contribution in [0, 0.1) is 5.92 Å². The van der Waals surface area contributed by atoms with Crippen LogP contribution in [0.15, 0.2) is 24.4 Å². The number of amides is 1. The standard InChI is InChI=1S/C20H24F3N3O3/c1-2-26-11-17(18(25-26)20(21,22)23)15-7-14(12-27)8-16(9-15)19(28)24-10-13-3-5-29-6-4-13/h7-9,11,13,27H,2-6,10,12H2,1H3,(H,24,28). The number of ether oxygens (including phenoxy) is 1. The molecule has 9 heteroatoms. The Balaban J connectivity index is 1.89. The molecule has 0 atom stereocenters. The molecule has 1 fully saturated rings. The molecule has 29 heavy (non-hydrogen) atoms. The molecule has 0 saturated carbocycles. The van der Waals surface area contributed by atoms with Crippen molar-refractivity contribution in [2.24, 2.45) is 5.92 Å². The Morgan fingerprint density at radius 2 is 2.03 bits per heavy atom. The molecule has 6 nitrogen and oxygen atoms in total. The topological polar surface area (TPSA) is 76.4 Å². The Labute approximate surface area is 166 Å². The molecule has 1 aromatic carbocycles. The summed E-state index contributed by atoms with van der Waals surface area (Å²) in [6.07, 6.45) is -1.61. The van der Waals surface area contributed by atoms with E-state index in [-0.39, 0.29) is 29.1 Å². The lowest BCUT2D eigenvalue weighted by molar-refractivity contribution is -0.141. The average Bonchev–Trinajstić information content (AvgIpc) is 3.17. The third-order valence-electron chi connectivity index (χ3n) is 4.99. The van der Waals surface area contributed by atoms with Crippen LogP contribution >= 0.6 is 0 Å². The Bertz CT molecular complexity index is 858. The SMILES string of the molecule is CCn1cc(-c2cc(CO)cc(C(=O)NCC3CCOCC3)c2)c(C(F)(F)F)n1. The molecule has 1 saturated heterocycles. The van der Waals surface area contributed by atoms with Crippen molar-refractivity contribution in [1.82, 2.24) is 15.1 Å². The number of halogens is 3. The highest BCUT2D eigenvalue weighted by Crippen LogP contribution is 2.36. The molecule has 0 aliphatic carbocycles. The van der Waals surface area contributed by atoms with Crippen molar-refractivity contribution in [2.75, 3.05) is 19.8 Å². The van der Waals surface area contributed by atoms with Crippen molar-refractivity contribution in [2.45, 2.75) is 39.1 Å². The van der Waals surface area contributed by atoms with Gasteiger partial charge in [0, 0.05) is 43.6 Å². The predicted molar refractivity (Wildman–Crippen MR) is 100 cm³/mol. The van der Waals surface area contributed by atoms with E-state index in [4.69, 9.17) is 4.74 Å². The van der Waals surface area contributed by atoms with Crippen molar-refractivity contribution in [1.29, 1.82) is 0 Å². The van der Waals surface area contributed by atoms with Crippen molar-refractivity contribution in [3.05, 3.63) is 41.2 Å². The number of hydrogen-bond donors (Lipinski definition) is 2. The maximum absolute atomic E-state index is 13.4. The molecule has 2 N–H and O–H groups in total. The highest BCUT2D eigenvalue weighted by molar-refractivity contribution is 5.95. The van der Waals surface area contributed by atoms with Gasteiger partial charge in [-0.2, -0.15) is 18.3 Å². The maximum Gasteiger partial charge on any atom is 0.435 e. The normalized spacial score (nSPS) is 15.5. The lowest BCUT2D eigenvalue weighted by Crippen LogP contribution is -2.32. The van der Waals surface area contributed by atoms with Gasteiger partial charge in [0.1, 0.15) is 0 Å². The quantitative estimate of drug-likeness (QED) is 0.765. The number of aliphatic hydroxyl groups is 1. The Hall–Kier alpha value is -2.39. The highest BCUT2D eigenvalue weighted by atomic mass is 19.4. The van der Waals surface area contributed by atoms with Crippen LogP contribution in [-0.2, 0) is 24.1 Å². The first-order valence-corrected chi connectivity index (χ1v) is 9.57. The Kier molecular flexibility index (Phi) is 6.59. The molecule has 0 unspecified atom stereocenters. The van der Waals surface area contributed by atoms with Gasteiger partial charge in [0.2, 0.25) is 0 Å². The smallest absolute Gasteiger partial charge is 0.392 e. The van der Waals surface area contributed by atoms with Gasteiger partial charge < -0.3 is 15.2 Å². The number of aliphatic hydroxyl groups excluding tert-OH is 1. The molecule has 2 heterocycles. The van der Waals surface area contributed by atoms with Crippen LogP contribution in [0.25, 0.3) is 11.1 Å². The van der Waals surface area contributed by atoms with Gasteiger partial charge in [0.25, 0.3) is 5.91 Å². The van der Waals surface area contributed by atoms with Gasteiger partial charge in [0.15, 0.2) is 5.69 Å². The number of carbonyl (C=O) groups excluding carboxylic acids is 1. The largest absolute Gasteiger partial charge is 0.435 e. The minimum Gasteiger partial charge on any atom is -0.392 e. The van der Waals surface area contributed by atoms with E-state index in [9.17, 15) is 23.1 Å². The van der Waals surface area contributed by atoms with E-state index in [1.165, 1.54) is 29.1 Å². The first-order chi connectivity index (χ1) is 13.8. The van der Waals surface area contributed by atoms with Crippen LogP contribution in [0.2, 0.25) is 0 Å². The number of hydrogen-bond acceptors (Lipinski definition) is 4. The number of nitrogens with one attached hydrogen (secondary N) is 1. The zero-order valence-corrected chi connectivity index (χ0v) is 16.1. The first-order valence-electron chi connectivity index (χ1n) is 9.57. The van der Waals surface area contributed by atoms with Crippen molar-refractivity contribution in [3.63, 3.8) is 0 Å². The highest BCUT2D eigenvalue weighted by Gasteiger charge is 2.37. The Morgan fingerprint density at radius 1 is 1.31 bits per heavy atom. The zero-order chi connectivity index (χ0) is 21.0. The third kappa shape index (κ3) is 5.16. The molecular weight excluding hydrogens is 387 g/mol. The van der Waals surface area contributed by atoms with Crippen molar-refractivity contribution in [3.8, 4) is 11.1 Å². The third-order valence-corrected chi connectivity index (χ3v) is 4.99.